The minimum atomic E-state index is -0.354. The topological polar surface area (TPSA) is 61.3 Å². The van der Waals surface area contributed by atoms with E-state index in [1.165, 1.54) is 28.2 Å². The molecule has 0 unspecified atom stereocenters. The highest BCUT2D eigenvalue weighted by molar-refractivity contribution is 7.20. The van der Waals surface area contributed by atoms with Crippen LogP contribution in [0.5, 0.6) is 5.75 Å². The lowest BCUT2D eigenvalue weighted by atomic mass is 10.2. The quantitative estimate of drug-likeness (QED) is 0.318. The van der Waals surface area contributed by atoms with Crippen LogP contribution in [0.4, 0.5) is 0 Å². The Morgan fingerprint density at radius 3 is 2.13 bits per heavy atom. The van der Waals surface area contributed by atoms with Crippen molar-refractivity contribution >= 4 is 28.6 Å². The number of hydrogen-bond donors (Lipinski definition) is 0. The average molecular weight is 451 g/mol. The Morgan fingerprint density at radius 1 is 0.903 bits per heavy atom. The number of carbonyl (C=O) groups excluding carboxylic acids is 1. The van der Waals surface area contributed by atoms with E-state index in [0.717, 1.165) is 37.5 Å². The monoisotopic (exact) mass is 450 g/mol. The number of benzene rings is 2. The number of aromatic nitrogens is 2. The molecule has 0 saturated carbocycles. The van der Waals surface area contributed by atoms with Crippen LogP contribution in [0, 0.1) is 13.8 Å². The minimum absolute atomic E-state index is 0.314. The van der Waals surface area contributed by atoms with Gasteiger partial charge in [-0.2, -0.15) is 0 Å². The molecule has 2 aromatic carbocycles. The summed E-state index contributed by atoms with van der Waals surface area (Å²) in [6.07, 6.45) is 0. The second-order valence-corrected chi connectivity index (χ2v) is 8.94. The van der Waals surface area contributed by atoms with Gasteiger partial charge in [-0.3, -0.25) is 0 Å². The molecular formula is C24H22N2O3S2. The number of esters is 1. The van der Waals surface area contributed by atoms with Gasteiger partial charge in [-0.1, -0.05) is 29.8 Å². The van der Waals surface area contributed by atoms with Gasteiger partial charge in [0.05, 0.1) is 24.3 Å². The first kappa shape index (κ1) is 21.2. The molecule has 0 spiro atoms. The van der Waals surface area contributed by atoms with E-state index in [1.54, 1.807) is 14.0 Å². The molecule has 4 aromatic rings. The fourth-order valence-electron chi connectivity index (χ4n) is 3.10. The van der Waals surface area contributed by atoms with E-state index in [-0.39, 0.29) is 5.97 Å². The molecular weight excluding hydrogens is 428 g/mol. The molecule has 31 heavy (non-hydrogen) atoms. The summed E-state index contributed by atoms with van der Waals surface area (Å²) in [7, 11) is 1.64. The number of rotatable bonds is 6. The third-order valence-corrected chi connectivity index (χ3v) is 7.03. The van der Waals surface area contributed by atoms with Crippen molar-refractivity contribution in [2.24, 2.45) is 0 Å². The number of aryl methyl sites for hydroxylation is 2. The first-order valence-electron chi connectivity index (χ1n) is 9.87. The molecule has 0 saturated heterocycles. The fraction of sp³-hybridized carbons (Fsp3) is 0.208. The first-order chi connectivity index (χ1) is 15.0. The number of hydrogen-bond acceptors (Lipinski definition) is 7. The number of methoxy groups -OCH3 is 1. The van der Waals surface area contributed by atoms with E-state index in [1.807, 2.05) is 62.4 Å². The van der Waals surface area contributed by atoms with Crippen LogP contribution in [0.2, 0.25) is 0 Å². The van der Waals surface area contributed by atoms with Crippen molar-refractivity contribution < 1.29 is 14.3 Å². The van der Waals surface area contributed by atoms with E-state index in [9.17, 15) is 4.79 Å². The van der Waals surface area contributed by atoms with Crippen molar-refractivity contribution in [3.63, 3.8) is 0 Å². The summed E-state index contributed by atoms with van der Waals surface area (Å²) in [4.78, 5) is 23.7. The largest absolute Gasteiger partial charge is 0.497 e. The highest BCUT2D eigenvalue weighted by Crippen LogP contribution is 2.41. The number of thiazole rings is 2. The van der Waals surface area contributed by atoms with Crippen LogP contribution in [-0.2, 0) is 4.74 Å². The maximum atomic E-state index is 12.7. The van der Waals surface area contributed by atoms with Gasteiger partial charge in [-0.25, -0.2) is 14.8 Å². The smallest absolute Gasteiger partial charge is 0.350 e. The van der Waals surface area contributed by atoms with Gasteiger partial charge in [-0.15, -0.1) is 22.7 Å². The van der Waals surface area contributed by atoms with E-state index in [4.69, 9.17) is 19.4 Å². The van der Waals surface area contributed by atoms with Crippen LogP contribution in [0.3, 0.4) is 0 Å². The molecule has 0 radical (unpaired) electrons. The van der Waals surface area contributed by atoms with Crippen molar-refractivity contribution in [1.82, 2.24) is 9.97 Å². The van der Waals surface area contributed by atoms with Crippen molar-refractivity contribution in [2.45, 2.75) is 20.8 Å². The normalized spacial score (nSPS) is 10.8. The van der Waals surface area contributed by atoms with Crippen molar-refractivity contribution in [2.75, 3.05) is 13.7 Å². The van der Waals surface area contributed by atoms with Crippen LogP contribution >= 0.6 is 22.7 Å². The van der Waals surface area contributed by atoms with Gasteiger partial charge in [0, 0.05) is 11.1 Å². The van der Waals surface area contributed by atoms with E-state index < -0.39 is 0 Å². The zero-order chi connectivity index (χ0) is 22.0. The molecule has 2 aromatic heterocycles. The van der Waals surface area contributed by atoms with Crippen molar-refractivity contribution in [3.8, 4) is 37.5 Å². The average Bonchev–Trinajstić information content (AvgIpc) is 3.38. The lowest BCUT2D eigenvalue weighted by Crippen LogP contribution is -2.03. The lowest BCUT2D eigenvalue weighted by molar-refractivity contribution is 0.0532. The third-order valence-electron chi connectivity index (χ3n) is 4.74. The Morgan fingerprint density at radius 2 is 1.52 bits per heavy atom. The van der Waals surface area contributed by atoms with E-state index in [2.05, 4.69) is 0 Å². The van der Waals surface area contributed by atoms with Crippen LogP contribution in [0.15, 0.2) is 48.5 Å². The summed E-state index contributed by atoms with van der Waals surface area (Å²) in [5, 5.41) is 1.66. The minimum Gasteiger partial charge on any atom is -0.497 e. The predicted octanol–water partition coefficient (Wildman–Crippen LogP) is 6.40. The highest BCUT2D eigenvalue weighted by Gasteiger charge is 2.25. The summed E-state index contributed by atoms with van der Waals surface area (Å²) in [5.74, 6) is 0.441. The van der Waals surface area contributed by atoms with Crippen LogP contribution in [0.25, 0.3) is 31.7 Å². The van der Waals surface area contributed by atoms with E-state index in [0.29, 0.717) is 17.2 Å². The number of ether oxygens (including phenoxy) is 2. The molecule has 0 amide bonds. The van der Waals surface area contributed by atoms with Gasteiger partial charge in [0.15, 0.2) is 0 Å². The Kier molecular flexibility index (Phi) is 6.15. The molecule has 0 aliphatic rings. The Labute approximate surface area is 189 Å². The molecule has 0 atom stereocenters. The van der Waals surface area contributed by atoms with Gasteiger partial charge in [0.25, 0.3) is 0 Å². The number of carbonyl (C=O) groups is 1. The van der Waals surface area contributed by atoms with Gasteiger partial charge >= 0.3 is 5.97 Å². The molecule has 2 heterocycles. The SMILES string of the molecule is CCOC(=O)c1sc(-c2ccc(C)cc2)nc1-c1sc(-c2ccc(OC)cc2)nc1C. The Hall–Kier alpha value is -3.03. The maximum Gasteiger partial charge on any atom is 0.350 e. The summed E-state index contributed by atoms with van der Waals surface area (Å²) >= 11 is 2.88. The maximum absolute atomic E-state index is 12.7. The fourth-order valence-corrected chi connectivity index (χ4v) is 5.20. The van der Waals surface area contributed by atoms with E-state index >= 15 is 0 Å². The predicted molar refractivity (Wildman–Crippen MR) is 126 cm³/mol. The summed E-state index contributed by atoms with van der Waals surface area (Å²) in [6, 6.07) is 15.9. The molecule has 7 heteroatoms. The molecule has 0 aliphatic heterocycles. The summed E-state index contributed by atoms with van der Waals surface area (Å²) < 4.78 is 10.6. The second-order valence-electron chi connectivity index (χ2n) is 6.95. The van der Waals surface area contributed by atoms with Gasteiger partial charge in [0.1, 0.15) is 26.3 Å². The number of nitrogens with zero attached hydrogens (tertiary/aromatic N) is 2. The molecule has 158 valence electrons. The van der Waals surface area contributed by atoms with Crippen molar-refractivity contribution in [3.05, 3.63) is 64.7 Å². The molecule has 0 N–H and O–H groups in total. The molecule has 4 rings (SSSR count). The lowest BCUT2D eigenvalue weighted by Gasteiger charge is -2.01. The first-order valence-corrected chi connectivity index (χ1v) is 11.5. The molecule has 0 aliphatic carbocycles. The Bertz CT molecular complexity index is 1210. The van der Waals surface area contributed by atoms with Gasteiger partial charge in [-0.05, 0) is 45.0 Å². The zero-order valence-corrected chi connectivity index (χ0v) is 19.4. The third kappa shape index (κ3) is 4.38. The summed E-state index contributed by atoms with van der Waals surface area (Å²) in [5.41, 5.74) is 4.61. The highest BCUT2D eigenvalue weighted by atomic mass is 32.1. The molecule has 5 nitrogen and oxygen atoms in total. The molecule has 0 fully saturated rings. The summed E-state index contributed by atoms with van der Waals surface area (Å²) in [6.45, 7) is 6.11. The van der Waals surface area contributed by atoms with Crippen molar-refractivity contribution in [1.29, 1.82) is 0 Å². The zero-order valence-electron chi connectivity index (χ0n) is 17.8. The van der Waals surface area contributed by atoms with Gasteiger partial charge < -0.3 is 9.47 Å². The standard InChI is InChI=1S/C24H22N2O3S2/c1-5-29-24(27)21-19(26-23(31-21)16-8-6-14(2)7-9-16)20-15(3)25-22(30-20)17-10-12-18(28-4)13-11-17/h6-13H,5H2,1-4H3. The Balaban J connectivity index is 1.79. The van der Waals surface area contributed by atoms with Crippen LogP contribution in [0.1, 0.15) is 27.9 Å². The van der Waals surface area contributed by atoms with Crippen LogP contribution < -0.4 is 4.74 Å². The second kappa shape index (κ2) is 8.99. The van der Waals surface area contributed by atoms with Gasteiger partial charge in [0.2, 0.25) is 0 Å². The van der Waals surface area contributed by atoms with Crippen LogP contribution in [-0.4, -0.2) is 29.7 Å². The molecule has 0 bridgehead atoms.